The van der Waals surface area contributed by atoms with Gasteiger partial charge in [-0.1, -0.05) is 12.1 Å². The molecule has 26 heavy (non-hydrogen) atoms. The van der Waals surface area contributed by atoms with Crippen molar-refractivity contribution in [2.45, 2.75) is 6.18 Å². The van der Waals surface area contributed by atoms with Crippen LogP contribution in [0.3, 0.4) is 0 Å². The van der Waals surface area contributed by atoms with Crippen LogP contribution in [0.4, 0.5) is 24.5 Å². The van der Waals surface area contributed by atoms with Crippen LogP contribution in [0.2, 0.25) is 0 Å². The van der Waals surface area contributed by atoms with Crippen LogP contribution in [-0.4, -0.2) is 27.1 Å². The Kier molecular flexibility index (Phi) is 6.17. The topological polar surface area (TPSA) is 66.5 Å². The monoisotopic (exact) mass is 498 g/mol. The van der Waals surface area contributed by atoms with E-state index in [-0.39, 0.29) is 5.69 Å². The van der Waals surface area contributed by atoms with E-state index >= 15 is 0 Å². The molecule has 0 aromatic heterocycles. The average molecular weight is 498 g/mol. The van der Waals surface area contributed by atoms with Gasteiger partial charge in [0, 0.05) is 3.57 Å². The first-order valence-electron chi connectivity index (χ1n) is 7.18. The Bertz CT molecular complexity index is 900. The van der Waals surface area contributed by atoms with Crippen LogP contribution < -0.4 is 9.62 Å². The lowest BCUT2D eigenvalue weighted by molar-refractivity contribution is -0.137. The first-order valence-corrected chi connectivity index (χ1v) is 10.1. The van der Waals surface area contributed by atoms with Crippen molar-refractivity contribution >= 4 is 49.9 Å². The van der Waals surface area contributed by atoms with Gasteiger partial charge in [-0.25, -0.2) is 8.42 Å². The molecule has 2 aromatic carbocycles. The highest BCUT2D eigenvalue weighted by molar-refractivity contribution is 14.1. The Labute approximate surface area is 162 Å². The van der Waals surface area contributed by atoms with Gasteiger partial charge in [0.1, 0.15) is 6.54 Å². The van der Waals surface area contributed by atoms with Gasteiger partial charge in [-0.15, -0.1) is 0 Å². The lowest BCUT2D eigenvalue weighted by atomic mass is 10.1. The zero-order valence-corrected chi connectivity index (χ0v) is 16.4. The van der Waals surface area contributed by atoms with Gasteiger partial charge in [0.2, 0.25) is 15.9 Å². The SMILES string of the molecule is CS(=O)(=O)N(CC(=O)Nc1ccccc1C(F)(F)F)c1ccc(I)cc1. The molecular weight excluding hydrogens is 484 g/mol. The van der Waals surface area contributed by atoms with E-state index in [1.807, 2.05) is 22.6 Å². The van der Waals surface area contributed by atoms with Crippen molar-refractivity contribution in [2.75, 3.05) is 22.4 Å². The Morgan fingerprint density at radius 3 is 2.23 bits per heavy atom. The van der Waals surface area contributed by atoms with Crippen molar-refractivity contribution in [3.05, 3.63) is 57.7 Å². The number of carbonyl (C=O) groups excluding carboxylic acids is 1. The van der Waals surface area contributed by atoms with Gasteiger partial charge in [0.15, 0.2) is 0 Å². The molecule has 0 bridgehead atoms. The summed E-state index contributed by atoms with van der Waals surface area (Å²) in [6.07, 6.45) is -3.72. The summed E-state index contributed by atoms with van der Waals surface area (Å²) < 4.78 is 64.7. The molecule has 0 aliphatic rings. The van der Waals surface area contributed by atoms with Crippen LogP contribution in [0.1, 0.15) is 5.56 Å². The van der Waals surface area contributed by atoms with Gasteiger partial charge in [0.25, 0.3) is 0 Å². The number of amides is 1. The van der Waals surface area contributed by atoms with E-state index in [0.717, 1.165) is 26.3 Å². The number of carbonyl (C=O) groups is 1. The Balaban J connectivity index is 2.26. The fraction of sp³-hybridized carbons (Fsp3) is 0.188. The fourth-order valence-electron chi connectivity index (χ4n) is 2.17. The molecule has 2 rings (SSSR count). The van der Waals surface area contributed by atoms with Gasteiger partial charge >= 0.3 is 6.18 Å². The second-order valence-electron chi connectivity index (χ2n) is 5.34. The second-order valence-corrected chi connectivity index (χ2v) is 8.49. The third-order valence-electron chi connectivity index (χ3n) is 3.31. The number of nitrogens with one attached hydrogen (secondary N) is 1. The molecular formula is C16H14F3IN2O3S. The van der Waals surface area contributed by atoms with E-state index in [9.17, 15) is 26.4 Å². The number of anilines is 2. The number of alkyl halides is 3. The number of rotatable bonds is 5. The van der Waals surface area contributed by atoms with Crippen LogP contribution in [0.15, 0.2) is 48.5 Å². The standard InChI is InChI=1S/C16H14F3IN2O3S/c1-26(24,25)22(12-8-6-11(20)7-9-12)10-15(23)21-14-5-3-2-4-13(14)16(17,18)19/h2-9H,10H2,1H3,(H,21,23). The molecule has 0 saturated heterocycles. The summed E-state index contributed by atoms with van der Waals surface area (Å²) in [5, 5.41) is 2.13. The third kappa shape index (κ3) is 5.34. The van der Waals surface area contributed by atoms with Crippen LogP contribution in [-0.2, 0) is 21.0 Å². The number of benzene rings is 2. The van der Waals surface area contributed by atoms with Gasteiger partial charge in [-0.05, 0) is 59.0 Å². The van der Waals surface area contributed by atoms with E-state index in [4.69, 9.17) is 0 Å². The van der Waals surface area contributed by atoms with Crippen LogP contribution >= 0.6 is 22.6 Å². The predicted molar refractivity (Wildman–Crippen MR) is 101 cm³/mol. The number of nitrogens with zero attached hydrogens (tertiary/aromatic N) is 1. The summed E-state index contributed by atoms with van der Waals surface area (Å²) in [7, 11) is -3.81. The minimum atomic E-state index is -4.64. The van der Waals surface area contributed by atoms with Crippen molar-refractivity contribution in [2.24, 2.45) is 0 Å². The second kappa shape index (κ2) is 7.82. The zero-order valence-electron chi connectivity index (χ0n) is 13.4. The first kappa shape index (κ1) is 20.5. The van der Waals surface area contributed by atoms with E-state index in [2.05, 4.69) is 5.32 Å². The summed E-state index contributed by atoms with van der Waals surface area (Å²) >= 11 is 2.04. The molecule has 10 heteroatoms. The van der Waals surface area contributed by atoms with Gasteiger partial charge < -0.3 is 5.32 Å². The summed E-state index contributed by atoms with van der Waals surface area (Å²) in [6.45, 7) is -0.647. The largest absolute Gasteiger partial charge is 0.418 e. The van der Waals surface area contributed by atoms with E-state index in [1.54, 1.807) is 12.1 Å². The van der Waals surface area contributed by atoms with Crippen molar-refractivity contribution < 1.29 is 26.4 Å². The quantitative estimate of drug-likeness (QED) is 0.640. The summed E-state index contributed by atoms with van der Waals surface area (Å²) in [5.41, 5.74) is -1.19. The third-order valence-corrected chi connectivity index (χ3v) is 5.17. The minimum absolute atomic E-state index is 0.243. The molecule has 0 heterocycles. The number of hydrogen-bond acceptors (Lipinski definition) is 3. The summed E-state index contributed by atoms with van der Waals surface area (Å²) in [5.74, 6) is -0.884. The lowest BCUT2D eigenvalue weighted by Gasteiger charge is -2.22. The van der Waals surface area contributed by atoms with Crippen molar-refractivity contribution in [3.63, 3.8) is 0 Å². The van der Waals surface area contributed by atoms with Crippen LogP contribution in [0.5, 0.6) is 0 Å². The molecule has 0 fully saturated rings. The fourth-order valence-corrected chi connectivity index (χ4v) is 3.38. The predicted octanol–water partition coefficient (Wildman–Crippen LogP) is 3.71. The molecule has 2 aromatic rings. The maximum Gasteiger partial charge on any atom is 0.418 e. The molecule has 0 saturated carbocycles. The molecule has 5 nitrogen and oxygen atoms in total. The smallest absolute Gasteiger partial charge is 0.324 e. The molecule has 0 spiro atoms. The molecule has 0 radical (unpaired) electrons. The van der Waals surface area contributed by atoms with Crippen molar-refractivity contribution in [3.8, 4) is 0 Å². The van der Waals surface area contributed by atoms with Gasteiger partial charge in [-0.3, -0.25) is 9.10 Å². The average Bonchev–Trinajstić information content (AvgIpc) is 2.52. The molecule has 140 valence electrons. The molecule has 0 aliphatic heterocycles. The van der Waals surface area contributed by atoms with E-state index in [0.29, 0.717) is 0 Å². The molecule has 0 unspecified atom stereocenters. The van der Waals surface area contributed by atoms with Crippen molar-refractivity contribution in [1.29, 1.82) is 0 Å². The number of sulfonamides is 1. The number of halogens is 4. The normalized spacial score (nSPS) is 11.9. The van der Waals surface area contributed by atoms with E-state index < -0.39 is 39.9 Å². The molecule has 1 amide bonds. The highest BCUT2D eigenvalue weighted by Gasteiger charge is 2.33. The zero-order chi connectivity index (χ0) is 19.5. The van der Waals surface area contributed by atoms with Gasteiger partial charge in [-0.2, -0.15) is 13.2 Å². The number of para-hydroxylation sites is 1. The Morgan fingerprint density at radius 2 is 1.69 bits per heavy atom. The summed E-state index contributed by atoms with van der Waals surface area (Å²) in [6, 6.07) is 10.8. The minimum Gasteiger partial charge on any atom is -0.324 e. The maximum absolute atomic E-state index is 13.0. The first-order chi connectivity index (χ1) is 12.0. The Morgan fingerprint density at radius 1 is 1.12 bits per heavy atom. The van der Waals surface area contributed by atoms with Crippen molar-refractivity contribution in [1.82, 2.24) is 0 Å². The highest BCUT2D eigenvalue weighted by atomic mass is 127. The highest BCUT2D eigenvalue weighted by Crippen LogP contribution is 2.34. The molecule has 0 aliphatic carbocycles. The summed E-state index contributed by atoms with van der Waals surface area (Å²) in [4.78, 5) is 12.2. The lowest BCUT2D eigenvalue weighted by Crippen LogP contribution is -2.37. The van der Waals surface area contributed by atoms with Gasteiger partial charge in [0.05, 0.1) is 23.2 Å². The van der Waals surface area contributed by atoms with Crippen LogP contribution in [0.25, 0.3) is 0 Å². The molecule has 1 N–H and O–H groups in total. The molecule has 0 atom stereocenters. The number of hydrogen-bond donors (Lipinski definition) is 1. The Hall–Kier alpha value is -1.82. The van der Waals surface area contributed by atoms with Crippen LogP contribution in [0, 0.1) is 3.57 Å². The maximum atomic E-state index is 13.0. The van der Waals surface area contributed by atoms with E-state index in [1.165, 1.54) is 24.3 Å².